The second-order valence-corrected chi connectivity index (χ2v) is 3.43. The van der Waals surface area contributed by atoms with Gasteiger partial charge in [0.15, 0.2) is 6.04 Å². The molecule has 1 amide bonds. The number of amides is 1. The molecule has 1 fully saturated rings. The van der Waals surface area contributed by atoms with E-state index in [2.05, 4.69) is 0 Å². The van der Waals surface area contributed by atoms with Gasteiger partial charge >= 0.3 is 5.91 Å². The maximum absolute atomic E-state index is 11.7. The summed E-state index contributed by atoms with van der Waals surface area (Å²) >= 11 is 0. The number of carbonyl (C=O) groups is 1. The van der Waals surface area contributed by atoms with Crippen LogP contribution in [-0.4, -0.2) is 70.3 Å². The smallest absolute Gasteiger partial charge is 0.301 e. The highest BCUT2D eigenvalue weighted by atomic mass is 16.6. The van der Waals surface area contributed by atoms with Crippen LogP contribution in [0.3, 0.4) is 0 Å². The van der Waals surface area contributed by atoms with Gasteiger partial charge in [-0.2, -0.15) is 0 Å². The van der Waals surface area contributed by atoms with Gasteiger partial charge in [0.25, 0.3) is 0 Å². The topological polar surface area (TPSA) is 112 Å². The predicted octanol–water partition coefficient (Wildman–Crippen LogP) is -3.92. The Balaban J connectivity index is 2.76. The zero-order valence-electron chi connectivity index (χ0n) is 8.87. The lowest BCUT2D eigenvalue weighted by molar-refractivity contribution is -0.991. The molecule has 1 aliphatic heterocycles. The molecule has 2 unspecified atom stereocenters. The van der Waals surface area contributed by atoms with Gasteiger partial charge < -0.3 is 20.5 Å². The Hall–Kier alpha value is -0.770. The quantitative estimate of drug-likeness (QED) is 0.350. The zero-order valence-corrected chi connectivity index (χ0v) is 8.87. The Bertz CT molecular complexity index is 240. The molecule has 2 atom stereocenters. The lowest BCUT2D eigenvalue weighted by Gasteiger charge is -2.31. The van der Waals surface area contributed by atoms with Gasteiger partial charge in [0.1, 0.15) is 0 Å². The molecule has 16 heavy (non-hydrogen) atoms. The zero-order chi connectivity index (χ0) is 12.1. The minimum atomic E-state index is -0.886. The van der Waals surface area contributed by atoms with Crippen LogP contribution in [0.4, 0.5) is 0 Å². The molecule has 0 aromatic heterocycles. The fraction of sp³-hybridized carbons (Fsp3) is 0.875. The van der Waals surface area contributed by atoms with Crippen molar-refractivity contribution in [2.24, 2.45) is 0 Å². The number of hydroxylamine groups is 1. The lowest BCUT2D eigenvalue weighted by atomic mass is 10.2. The number of rotatable bonds is 6. The summed E-state index contributed by atoms with van der Waals surface area (Å²) in [7, 11) is 0. The fourth-order valence-electron chi connectivity index (χ4n) is 1.73. The Morgan fingerprint density at radius 2 is 1.81 bits per heavy atom. The molecule has 1 aliphatic rings. The van der Waals surface area contributed by atoms with E-state index in [-0.39, 0.29) is 39.3 Å². The molecule has 0 aromatic carbocycles. The van der Waals surface area contributed by atoms with Crippen LogP contribution in [0.15, 0.2) is 0 Å². The van der Waals surface area contributed by atoms with Crippen LogP contribution < -0.4 is 5.17 Å². The first-order valence-electron chi connectivity index (χ1n) is 5.12. The molecular weight excluding hydrogens is 218 g/mol. The third-order valence-electron chi connectivity index (χ3n) is 2.44. The Labute approximate surface area is 92.8 Å². The molecule has 0 bridgehead atoms. The van der Waals surface area contributed by atoms with E-state index in [1.807, 2.05) is 0 Å². The SMILES string of the molecule is O=C1C(CCO)[NH+]([O-])N(CCO)N1CCO. The van der Waals surface area contributed by atoms with Crippen LogP contribution in [0.5, 0.6) is 0 Å². The Morgan fingerprint density at radius 1 is 1.19 bits per heavy atom. The Morgan fingerprint density at radius 3 is 2.31 bits per heavy atom. The van der Waals surface area contributed by atoms with Crippen LogP contribution in [0, 0.1) is 5.21 Å². The number of nitrogens with one attached hydrogen (secondary N) is 1. The van der Waals surface area contributed by atoms with Gasteiger partial charge in [-0.25, -0.2) is 5.01 Å². The van der Waals surface area contributed by atoms with Gasteiger partial charge in [0, 0.05) is 13.0 Å². The van der Waals surface area contributed by atoms with Crippen molar-refractivity contribution >= 4 is 5.91 Å². The minimum Gasteiger partial charge on any atom is -0.611 e. The summed E-state index contributed by atoms with van der Waals surface area (Å²) in [6.45, 7) is -0.722. The average Bonchev–Trinajstić information content (AvgIpc) is 2.47. The molecule has 8 nitrogen and oxygen atoms in total. The summed E-state index contributed by atoms with van der Waals surface area (Å²) in [6, 6.07) is -0.886. The third kappa shape index (κ3) is 2.48. The molecule has 0 radical (unpaired) electrons. The van der Waals surface area contributed by atoms with Crippen LogP contribution >= 0.6 is 0 Å². The van der Waals surface area contributed by atoms with E-state index in [1.165, 1.54) is 0 Å². The van der Waals surface area contributed by atoms with E-state index in [9.17, 15) is 10.0 Å². The van der Waals surface area contributed by atoms with E-state index in [1.54, 1.807) is 0 Å². The first-order valence-corrected chi connectivity index (χ1v) is 5.12. The largest absolute Gasteiger partial charge is 0.611 e. The lowest BCUT2D eigenvalue weighted by Crippen LogP contribution is -3.15. The number of aliphatic hydroxyl groups excluding tert-OH is 3. The van der Waals surface area contributed by atoms with Gasteiger partial charge in [0.05, 0.1) is 26.3 Å². The monoisotopic (exact) mass is 235 g/mol. The van der Waals surface area contributed by atoms with Crippen LogP contribution in [-0.2, 0) is 4.79 Å². The van der Waals surface area contributed by atoms with Gasteiger partial charge in [-0.15, -0.1) is 0 Å². The number of hydrogen-bond donors (Lipinski definition) is 4. The van der Waals surface area contributed by atoms with E-state index in [4.69, 9.17) is 15.3 Å². The summed E-state index contributed by atoms with van der Waals surface area (Å²) < 4.78 is 0. The maximum atomic E-state index is 11.7. The van der Waals surface area contributed by atoms with E-state index >= 15 is 0 Å². The predicted molar refractivity (Wildman–Crippen MR) is 52.4 cm³/mol. The highest BCUT2D eigenvalue weighted by Gasteiger charge is 2.44. The molecule has 1 heterocycles. The molecule has 1 saturated heterocycles. The van der Waals surface area contributed by atoms with Crippen molar-refractivity contribution < 1.29 is 25.3 Å². The third-order valence-corrected chi connectivity index (χ3v) is 2.44. The first kappa shape index (κ1) is 13.3. The number of hydrazine groups is 1. The van der Waals surface area contributed by atoms with E-state index in [0.29, 0.717) is 0 Å². The molecule has 0 aromatic rings. The number of carbonyl (C=O) groups excluding carboxylic acids is 1. The number of quaternary nitrogens is 1. The second-order valence-electron chi connectivity index (χ2n) is 3.43. The second kappa shape index (κ2) is 6.09. The van der Waals surface area contributed by atoms with E-state index in [0.717, 1.165) is 10.1 Å². The fourth-order valence-corrected chi connectivity index (χ4v) is 1.73. The Kier molecular flexibility index (Phi) is 5.06. The number of nitrogens with zero attached hydrogens (tertiary/aromatic N) is 2. The van der Waals surface area contributed by atoms with Crippen molar-refractivity contribution in [3.63, 3.8) is 0 Å². The van der Waals surface area contributed by atoms with Crippen LogP contribution in [0.1, 0.15) is 6.42 Å². The highest BCUT2D eigenvalue weighted by molar-refractivity contribution is 5.81. The minimum absolute atomic E-state index is 0.0203. The summed E-state index contributed by atoms with van der Waals surface area (Å²) in [5, 5.41) is 39.9. The molecule has 94 valence electrons. The van der Waals surface area contributed by atoms with E-state index < -0.39 is 17.1 Å². The van der Waals surface area contributed by atoms with Crippen LogP contribution in [0.25, 0.3) is 0 Å². The normalized spacial score (nSPS) is 26.8. The van der Waals surface area contributed by atoms with Crippen molar-refractivity contribution in [1.82, 2.24) is 10.1 Å². The van der Waals surface area contributed by atoms with Crippen LogP contribution in [0.2, 0.25) is 0 Å². The van der Waals surface area contributed by atoms with Gasteiger partial charge in [-0.1, -0.05) is 5.12 Å². The molecule has 0 spiro atoms. The molecule has 4 N–H and O–H groups in total. The molecular formula is C8H17N3O5. The highest BCUT2D eigenvalue weighted by Crippen LogP contribution is 2.06. The van der Waals surface area contributed by atoms with Crippen molar-refractivity contribution in [1.29, 1.82) is 0 Å². The van der Waals surface area contributed by atoms with Crippen molar-refractivity contribution in [3.05, 3.63) is 5.21 Å². The molecule has 0 aliphatic carbocycles. The first-order chi connectivity index (χ1) is 7.67. The molecule has 0 saturated carbocycles. The summed E-state index contributed by atoms with van der Waals surface area (Å²) in [6.07, 6.45) is 0.0710. The molecule has 8 heteroatoms. The van der Waals surface area contributed by atoms with Crippen molar-refractivity contribution in [2.45, 2.75) is 12.5 Å². The van der Waals surface area contributed by atoms with Crippen molar-refractivity contribution in [3.8, 4) is 0 Å². The summed E-state index contributed by atoms with van der Waals surface area (Å²) in [5.41, 5.74) is 0. The number of aliphatic hydroxyl groups is 3. The van der Waals surface area contributed by atoms with Gasteiger partial charge in [-0.05, 0) is 0 Å². The van der Waals surface area contributed by atoms with Gasteiger partial charge in [-0.3, -0.25) is 9.97 Å². The molecule has 1 rings (SSSR count). The standard InChI is InChI=1S/C8H17N3O5/c12-4-1-7-8(15)9(2-5-13)10(3-6-14)11(7)16/h7,11-14H,1-6H2. The summed E-state index contributed by atoms with van der Waals surface area (Å²) in [4.78, 5) is 11.7. The van der Waals surface area contributed by atoms with Gasteiger partial charge in [0.2, 0.25) is 0 Å². The number of hydrogen-bond acceptors (Lipinski definition) is 6. The van der Waals surface area contributed by atoms with Crippen molar-refractivity contribution in [2.75, 3.05) is 32.9 Å². The summed E-state index contributed by atoms with van der Waals surface area (Å²) in [5.74, 6) is -0.429. The average molecular weight is 235 g/mol. The number of β-amino-alcohol motifs (C(OH)–C–C–N with tert-alkyl or cyclic N) is 2. The maximum Gasteiger partial charge on any atom is 0.301 e.